The fourth-order valence-corrected chi connectivity index (χ4v) is 2.65. The lowest BCUT2D eigenvalue weighted by Gasteiger charge is -2.11. The largest absolute Gasteiger partial charge is 0.467 e. The number of anilines is 2. The molecule has 0 aliphatic rings. The Morgan fingerprint density at radius 2 is 1.67 bits per heavy atom. The fraction of sp³-hybridized carbons (Fsp3) is 0.0952. The molecule has 0 bridgehead atoms. The maximum atomic E-state index is 5.37. The van der Waals surface area contributed by atoms with E-state index in [1.807, 2.05) is 60.7 Å². The van der Waals surface area contributed by atoms with Crippen molar-refractivity contribution in [2.24, 2.45) is 0 Å². The summed E-state index contributed by atoms with van der Waals surface area (Å²) in [5.74, 6) is 2.13. The van der Waals surface area contributed by atoms with E-state index in [0.29, 0.717) is 19.0 Å². The van der Waals surface area contributed by atoms with Gasteiger partial charge in [-0.3, -0.25) is 4.98 Å². The van der Waals surface area contributed by atoms with Gasteiger partial charge < -0.3 is 15.1 Å². The van der Waals surface area contributed by atoms with E-state index in [9.17, 15) is 0 Å². The molecule has 134 valence electrons. The predicted molar refractivity (Wildman–Crippen MR) is 105 cm³/mol. The van der Waals surface area contributed by atoms with Crippen molar-refractivity contribution < 1.29 is 4.42 Å². The average Bonchev–Trinajstić information content (AvgIpc) is 3.26. The molecule has 1 aromatic carbocycles. The second-order valence-corrected chi connectivity index (χ2v) is 5.97. The number of rotatable bonds is 7. The van der Waals surface area contributed by atoms with Crippen molar-refractivity contribution >= 4 is 11.8 Å². The van der Waals surface area contributed by atoms with Crippen LogP contribution in [-0.4, -0.2) is 15.0 Å². The molecule has 3 heterocycles. The van der Waals surface area contributed by atoms with E-state index in [-0.39, 0.29) is 0 Å². The molecule has 6 nitrogen and oxygen atoms in total. The van der Waals surface area contributed by atoms with Gasteiger partial charge in [-0.15, -0.1) is 0 Å². The molecule has 0 spiro atoms. The lowest BCUT2D eigenvalue weighted by molar-refractivity contribution is 0.517. The Morgan fingerprint density at radius 3 is 2.44 bits per heavy atom. The highest BCUT2D eigenvalue weighted by Crippen LogP contribution is 2.22. The Morgan fingerprint density at radius 1 is 0.815 bits per heavy atom. The monoisotopic (exact) mass is 357 g/mol. The predicted octanol–water partition coefficient (Wildman–Crippen LogP) is 4.36. The van der Waals surface area contributed by atoms with Gasteiger partial charge in [0.1, 0.15) is 11.6 Å². The zero-order valence-electron chi connectivity index (χ0n) is 14.7. The van der Waals surface area contributed by atoms with Crippen LogP contribution in [0.1, 0.15) is 11.3 Å². The zero-order chi connectivity index (χ0) is 18.3. The summed E-state index contributed by atoms with van der Waals surface area (Å²) < 4.78 is 5.37. The number of nitrogens with one attached hydrogen (secondary N) is 2. The first-order chi connectivity index (χ1) is 13.4. The number of benzene rings is 1. The van der Waals surface area contributed by atoms with Gasteiger partial charge in [0.15, 0.2) is 0 Å². The van der Waals surface area contributed by atoms with Crippen LogP contribution in [0.15, 0.2) is 83.7 Å². The minimum Gasteiger partial charge on any atom is -0.467 e. The van der Waals surface area contributed by atoms with E-state index >= 15 is 0 Å². The second-order valence-electron chi connectivity index (χ2n) is 5.97. The Bertz CT molecular complexity index is 972. The van der Waals surface area contributed by atoms with Gasteiger partial charge in [0.2, 0.25) is 5.95 Å². The lowest BCUT2D eigenvalue weighted by Crippen LogP contribution is -2.08. The van der Waals surface area contributed by atoms with Crippen LogP contribution in [0.2, 0.25) is 0 Å². The molecule has 27 heavy (non-hydrogen) atoms. The Labute approximate surface area is 157 Å². The number of pyridine rings is 1. The third kappa shape index (κ3) is 4.49. The summed E-state index contributed by atoms with van der Waals surface area (Å²) in [6, 6.07) is 19.7. The van der Waals surface area contributed by atoms with Crippen LogP contribution in [0.4, 0.5) is 11.8 Å². The van der Waals surface area contributed by atoms with Crippen LogP contribution in [0, 0.1) is 0 Å². The zero-order valence-corrected chi connectivity index (χ0v) is 14.7. The highest BCUT2D eigenvalue weighted by atomic mass is 16.3. The Kier molecular flexibility index (Phi) is 5.06. The maximum Gasteiger partial charge on any atom is 0.225 e. The smallest absolute Gasteiger partial charge is 0.225 e. The van der Waals surface area contributed by atoms with Crippen molar-refractivity contribution in [3.05, 3.63) is 90.6 Å². The van der Waals surface area contributed by atoms with E-state index in [1.165, 1.54) is 0 Å². The van der Waals surface area contributed by atoms with Gasteiger partial charge in [-0.2, -0.15) is 4.98 Å². The fourth-order valence-electron chi connectivity index (χ4n) is 2.65. The lowest BCUT2D eigenvalue weighted by atomic mass is 10.1. The molecule has 4 aromatic rings. The van der Waals surface area contributed by atoms with Crippen molar-refractivity contribution in [1.82, 2.24) is 15.0 Å². The number of hydrogen-bond acceptors (Lipinski definition) is 6. The molecule has 0 radical (unpaired) electrons. The van der Waals surface area contributed by atoms with Crippen LogP contribution < -0.4 is 10.6 Å². The van der Waals surface area contributed by atoms with Gasteiger partial charge in [0.25, 0.3) is 0 Å². The molecule has 0 fully saturated rings. The summed E-state index contributed by atoms with van der Waals surface area (Å²) in [4.78, 5) is 13.3. The minimum atomic E-state index is 0.523. The van der Waals surface area contributed by atoms with Gasteiger partial charge in [-0.05, 0) is 29.8 Å². The van der Waals surface area contributed by atoms with Gasteiger partial charge >= 0.3 is 0 Å². The maximum absolute atomic E-state index is 5.37. The topological polar surface area (TPSA) is 75.9 Å². The van der Waals surface area contributed by atoms with E-state index in [4.69, 9.17) is 4.42 Å². The molecule has 0 saturated heterocycles. The van der Waals surface area contributed by atoms with Crippen LogP contribution in [0.5, 0.6) is 0 Å². The second kappa shape index (κ2) is 8.14. The Balaban J connectivity index is 1.57. The van der Waals surface area contributed by atoms with Crippen LogP contribution in [0.3, 0.4) is 0 Å². The first-order valence-electron chi connectivity index (χ1n) is 8.70. The molecule has 0 saturated carbocycles. The third-order valence-corrected chi connectivity index (χ3v) is 4.02. The van der Waals surface area contributed by atoms with Gasteiger partial charge in [0, 0.05) is 30.6 Å². The molecule has 0 unspecified atom stereocenters. The summed E-state index contributed by atoms with van der Waals surface area (Å²) in [6.07, 6.45) is 5.21. The molecular formula is C21H19N5O. The first-order valence-corrected chi connectivity index (χ1v) is 8.70. The highest BCUT2D eigenvalue weighted by molar-refractivity contribution is 5.64. The molecule has 0 atom stereocenters. The standard InChI is InChI=1S/C21H19N5O/c1-2-5-17(6-3-1)19-13-20(23-14-16-8-10-22-11-9-16)26-21(25-19)24-15-18-7-4-12-27-18/h1-13H,14-15H2,(H2,23,24,25,26). The molecule has 0 amide bonds. The average molecular weight is 357 g/mol. The summed E-state index contributed by atoms with van der Waals surface area (Å²) in [5.41, 5.74) is 3.02. The van der Waals surface area contributed by atoms with E-state index < -0.39 is 0 Å². The van der Waals surface area contributed by atoms with E-state index in [1.54, 1.807) is 18.7 Å². The molecule has 6 heteroatoms. The van der Waals surface area contributed by atoms with Crippen LogP contribution in [0.25, 0.3) is 11.3 Å². The van der Waals surface area contributed by atoms with Crippen molar-refractivity contribution in [2.75, 3.05) is 10.6 Å². The molecule has 0 aliphatic carbocycles. The molecule has 4 rings (SSSR count). The van der Waals surface area contributed by atoms with Gasteiger partial charge in [-0.25, -0.2) is 4.98 Å². The van der Waals surface area contributed by atoms with Crippen LogP contribution in [-0.2, 0) is 13.1 Å². The Hall–Kier alpha value is -3.67. The van der Waals surface area contributed by atoms with E-state index in [2.05, 4.69) is 25.6 Å². The first kappa shape index (κ1) is 16.8. The summed E-state index contributed by atoms with van der Waals surface area (Å²) in [6.45, 7) is 1.18. The summed E-state index contributed by atoms with van der Waals surface area (Å²) >= 11 is 0. The molecule has 2 N–H and O–H groups in total. The number of nitrogens with zero attached hydrogens (tertiary/aromatic N) is 3. The summed E-state index contributed by atoms with van der Waals surface area (Å²) in [5, 5.41) is 6.59. The normalized spacial score (nSPS) is 10.5. The van der Waals surface area contributed by atoms with Gasteiger partial charge in [-0.1, -0.05) is 30.3 Å². The number of hydrogen-bond donors (Lipinski definition) is 2. The van der Waals surface area contributed by atoms with Crippen molar-refractivity contribution in [3.63, 3.8) is 0 Å². The van der Waals surface area contributed by atoms with Crippen molar-refractivity contribution in [2.45, 2.75) is 13.1 Å². The number of furan rings is 1. The minimum absolute atomic E-state index is 0.523. The molecular weight excluding hydrogens is 338 g/mol. The quantitative estimate of drug-likeness (QED) is 0.512. The molecule has 0 aliphatic heterocycles. The van der Waals surface area contributed by atoms with E-state index in [0.717, 1.165) is 28.4 Å². The van der Waals surface area contributed by atoms with Crippen molar-refractivity contribution in [3.8, 4) is 11.3 Å². The van der Waals surface area contributed by atoms with Crippen molar-refractivity contribution in [1.29, 1.82) is 0 Å². The SMILES string of the molecule is c1ccc(-c2cc(NCc3ccncc3)nc(NCc3ccco3)n2)cc1. The highest BCUT2D eigenvalue weighted by Gasteiger charge is 2.07. The van der Waals surface area contributed by atoms with Gasteiger partial charge in [0.05, 0.1) is 18.5 Å². The number of aromatic nitrogens is 3. The third-order valence-electron chi connectivity index (χ3n) is 4.02. The van der Waals surface area contributed by atoms with Crippen LogP contribution >= 0.6 is 0 Å². The molecule has 3 aromatic heterocycles. The summed E-state index contributed by atoms with van der Waals surface area (Å²) in [7, 11) is 0.